The van der Waals surface area contributed by atoms with Gasteiger partial charge in [0.15, 0.2) is 0 Å². The zero-order valence-electron chi connectivity index (χ0n) is 14.4. The van der Waals surface area contributed by atoms with E-state index in [9.17, 15) is 13.2 Å². The molecular weight excluding hydrogens is 366 g/mol. The van der Waals surface area contributed by atoms with E-state index < -0.39 is 10.0 Å². The van der Waals surface area contributed by atoms with Gasteiger partial charge in [0.1, 0.15) is 0 Å². The van der Waals surface area contributed by atoms with Crippen LogP contribution in [0.1, 0.15) is 29.3 Å². The van der Waals surface area contributed by atoms with E-state index in [0.717, 1.165) is 0 Å². The molecule has 142 valence electrons. The molecule has 1 saturated heterocycles. The molecule has 0 atom stereocenters. The van der Waals surface area contributed by atoms with Crippen LogP contribution < -0.4 is 11.1 Å². The number of ether oxygens (including phenoxy) is 1. The van der Waals surface area contributed by atoms with Gasteiger partial charge in [0.2, 0.25) is 10.0 Å². The molecule has 1 heterocycles. The van der Waals surface area contributed by atoms with E-state index in [2.05, 4.69) is 5.32 Å². The summed E-state index contributed by atoms with van der Waals surface area (Å²) in [5.74, 6) is -0.287. The molecule has 1 amide bonds. The van der Waals surface area contributed by atoms with Crippen LogP contribution in [-0.4, -0.2) is 58.0 Å². The molecule has 1 aliphatic heterocycles. The minimum Gasteiger partial charge on any atom is -0.379 e. The Kier molecular flexibility index (Phi) is 8.81. The van der Waals surface area contributed by atoms with Gasteiger partial charge in [-0.05, 0) is 37.1 Å². The van der Waals surface area contributed by atoms with Crippen LogP contribution in [0.4, 0.5) is 0 Å². The van der Waals surface area contributed by atoms with Gasteiger partial charge in [-0.3, -0.25) is 4.79 Å². The number of carbonyl (C=O) groups excluding carboxylic acids is 1. The third-order valence-electron chi connectivity index (χ3n) is 3.96. The van der Waals surface area contributed by atoms with Crippen LogP contribution in [0.3, 0.4) is 0 Å². The maximum absolute atomic E-state index is 12.9. The summed E-state index contributed by atoms with van der Waals surface area (Å²) in [5, 5.41) is 2.75. The largest absolute Gasteiger partial charge is 0.379 e. The van der Waals surface area contributed by atoms with E-state index in [1.165, 1.54) is 10.4 Å². The number of nitrogens with zero attached hydrogens (tertiary/aromatic N) is 1. The van der Waals surface area contributed by atoms with Gasteiger partial charge >= 0.3 is 0 Å². The van der Waals surface area contributed by atoms with Crippen LogP contribution >= 0.6 is 12.4 Å². The third kappa shape index (κ3) is 5.39. The maximum Gasteiger partial charge on any atom is 0.251 e. The van der Waals surface area contributed by atoms with Gasteiger partial charge in [0.05, 0.1) is 18.1 Å². The fourth-order valence-corrected chi connectivity index (χ4v) is 4.29. The molecule has 1 aromatic rings. The number of morpholine rings is 1. The molecule has 9 heteroatoms. The van der Waals surface area contributed by atoms with Crippen LogP contribution in [-0.2, 0) is 21.2 Å². The second kappa shape index (κ2) is 10.1. The van der Waals surface area contributed by atoms with Crippen LogP contribution in [0, 0.1) is 0 Å². The number of benzene rings is 1. The molecule has 1 aromatic carbocycles. The van der Waals surface area contributed by atoms with Crippen molar-refractivity contribution in [3.63, 3.8) is 0 Å². The number of rotatable bonds is 7. The molecule has 0 aromatic heterocycles. The number of carbonyl (C=O) groups is 1. The number of hydrogen-bond donors (Lipinski definition) is 2. The number of nitrogens with one attached hydrogen (secondary N) is 1. The van der Waals surface area contributed by atoms with Crippen molar-refractivity contribution in [2.24, 2.45) is 5.73 Å². The van der Waals surface area contributed by atoms with Crippen LogP contribution in [0.5, 0.6) is 0 Å². The first kappa shape index (κ1) is 21.9. The summed E-state index contributed by atoms with van der Waals surface area (Å²) < 4.78 is 32.5. The summed E-state index contributed by atoms with van der Waals surface area (Å²) in [6.07, 6.45) is 1.26. The lowest BCUT2D eigenvalue weighted by atomic mass is 10.1. The van der Waals surface area contributed by atoms with E-state index in [4.69, 9.17) is 10.5 Å². The number of amides is 1. The fourth-order valence-electron chi connectivity index (χ4n) is 2.56. The third-order valence-corrected chi connectivity index (χ3v) is 5.95. The van der Waals surface area contributed by atoms with Crippen molar-refractivity contribution in [1.82, 2.24) is 9.62 Å². The molecule has 0 radical (unpaired) electrons. The van der Waals surface area contributed by atoms with Crippen molar-refractivity contribution in [1.29, 1.82) is 0 Å². The fraction of sp³-hybridized carbons (Fsp3) is 0.562. The second-order valence-electron chi connectivity index (χ2n) is 5.59. The minimum absolute atomic E-state index is 0. The van der Waals surface area contributed by atoms with Gasteiger partial charge in [-0.25, -0.2) is 8.42 Å². The Morgan fingerprint density at radius 1 is 1.32 bits per heavy atom. The van der Waals surface area contributed by atoms with Gasteiger partial charge in [0, 0.05) is 25.2 Å². The number of aryl methyl sites for hydroxylation is 1. The average Bonchev–Trinajstić information content (AvgIpc) is 2.62. The number of halogens is 1. The van der Waals surface area contributed by atoms with Gasteiger partial charge in [-0.1, -0.05) is 13.0 Å². The van der Waals surface area contributed by atoms with E-state index in [1.807, 2.05) is 6.92 Å². The summed E-state index contributed by atoms with van der Waals surface area (Å²) in [4.78, 5) is 12.4. The Hall–Kier alpha value is -1.19. The Balaban J connectivity index is 0.00000312. The summed E-state index contributed by atoms with van der Waals surface area (Å²) in [6.45, 7) is 4.30. The zero-order chi connectivity index (χ0) is 17.6. The molecule has 1 aliphatic rings. The van der Waals surface area contributed by atoms with Crippen LogP contribution in [0.25, 0.3) is 0 Å². The lowest BCUT2D eigenvalue weighted by molar-refractivity contribution is 0.0730. The van der Waals surface area contributed by atoms with E-state index in [0.29, 0.717) is 63.4 Å². The minimum atomic E-state index is -3.63. The van der Waals surface area contributed by atoms with Crippen molar-refractivity contribution in [2.75, 3.05) is 39.4 Å². The standard InChI is InChI=1S/C16H25N3O4S.ClH/c1-2-13-4-5-14(16(20)18-7-3-6-17)12-15(13)24(21,22)19-8-10-23-11-9-19;/h4-5,12H,2-3,6-11,17H2,1H3,(H,18,20);1H. The number of sulfonamides is 1. The van der Waals surface area contributed by atoms with Gasteiger partial charge in [-0.2, -0.15) is 4.31 Å². The van der Waals surface area contributed by atoms with Crippen molar-refractivity contribution < 1.29 is 17.9 Å². The average molecular weight is 392 g/mol. The highest BCUT2D eigenvalue weighted by Gasteiger charge is 2.28. The molecule has 2 rings (SSSR count). The Bertz CT molecular complexity index is 676. The molecule has 7 nitrogen and oxygen atoms in total. The maximum atomic E-state index is 12.9. The van der Waals surface area contributed by atoms with Crippen molar-refractivity contribution in [2.45, 2.75) is 24.7 Å². The topological polar surface area (TPSA) is 102 Å². The summed E-state index contributed by atoms with van der Waals surface area (Å²) in [6, 6.07) is 4.85. The highest BCUT2D eigenvalue weighted by atomic mass is 35.5. The van der Waals surface area contributed by atoms with Crippen molar-refractivity contribution in [3.05, 3.63) is 29.3 Å². The zero-order valence-corrected chi connectivity index (χ0v) is 16.0. The first-order chi connectivity index (χ1) is 11.5. The molecule has 0 spiro atoms. The van der Waals surface area contributed by atoms with Crippen LogP contribution in [0.2, 0.25) is 0 Å². The van der Waals surface area contributed by atoms with Gasteiger partial charge in [-0.15, -0.1) is 12.4 Å². The quantitative estimate of drug-likeness (QED) is 0.668. The summed E-state index contributed by atoms with van der Waals surface area (Å²) in [5.41, 5.74) is 6.46. The van der Waals surface area contributed by atoms with Crippen molar-refractivity contribution in [3.8, 4) is 0 Å². The summed E-state index contributed by atoms with van der Waals surface area (Å²) in [7, 11) is -3.63. The normalized spacial score (nSPS) is 15.4. The molecule has 3 N–H and O–H groups in total. The number of hydrogen-bond acceptors (Lipinski definition) is 5. The Morgan fingerprint density at radius 2 is 2.00 bits per heavy atom. The lowest BCUT2D eigenvalue weighted by Gasteiger charge is -2.27. The molecule has 0 aliphatic carbocycles. The molecule has 0 unspecified atom stereocenters. The van der Waals surface area contributed by atoms with E-state index in [-0.39, 0.29) is 23.2 Å². The van der Waals surface area contributed by atoms with E-state index >= 15 is 0 Å². The lowest BCUT2D eigenvalue weighted by Crippen LogP contribution is -2.41. The predicted octanol–water partition coefficient (Wildman–Crippen LogP) is 0.770. The Labute approximate surface area is 155 Å². The molecule has 25 heavy (non-hydrogen) atoms. The van der Waals surface area contributed by atoms with Crippen molar-refractivity contribution >= 4 is 28.3 Å². The first-order valence-corrected chi connectivity index (χ1v) is 9.63. The SMILES string of the molecule is CCc1ccc(C(=O)NCCCN)cc1S(=O)(=O)N1CCOCC1.Cl. The second-order valence-corrected chi connectivity index (χ2v) is 7.50. The Morgan fingerprint density at radius 3 is 2.60 bits per heavy atom. The molecule has 0 bridgehead atoms. The predicted molar refractivity (Wildman–Crippen MR) is 98.7 cm³/mol. The number of nitrogens with two attached hydrogens (primary N) is 1. The monoisotopic (exact) mass is 391 g/mol. The molecule has 1 fully saturated rings. The van der Waals surface area contributed by atoms with E-state index in [1.54, 1.807) is 12.1 Å². The molecular formula is C16H26ClN3O4S. The smallest absolute Gasteiger partial charge is 0.251 e. The first-order valence-electron chi connectivity index (χ1n) is 8.19. The van der Waals surface area contributed by atoms with Gasteiger partial charge < -0.3 is 15.8 Å². The summed E-state index contributed by atoms with van der Waals surface area (Å²) >= 11 is 0. The highest BCUT2D eigenvalue weighted by molar-refractivity contribution is 7.89. The molecule has 0 saturated carbocycles. The van der Waals surface area contributed by atoms with Crippen LogP contribution in [0.15, 0.2) is 23.1 Å². The van der Waals surface area contributed by atoms with Gasteiger partial charge in [0.25, 0.3) is 5.91 Å². The highest BCUT2D eigenvalue weighted by Crippen LogP contribution is 2.23.